The minimum absolute atomic E-state index is 0.100. The zero-order chi connectivity index (χ0) is 15.8. The fraction of sp³-hybridized carbons (Fsp3) is 0.429. The smallest absolute Gasteiger partial charge is 0.157 e. The highest BCUT2D eigenvalue weighted by molar-refractivity contribution is 6.55. The molecule has 118 valence electrons. The fourth-order valence-electron chi connectivity index (χ4n) is 1.57. The Kier molecular flexibility index (Phi) is 8.60. The second-order valence-electron chi connectivity index (χ2n) is 4.32. The number of benzene rings is 1. The largest absolute Gasteiger partial charge is 0.489 e. The zero-order valence-corrected chi connectivity index (χ0v) is 14.4. The lowest BCUT2D eigenvalue weighted by molar-refractivity contribution is 0.189. The SMILES string of the molecule is CC(CCCO)Oc1c(Cl)cc(OCC=C(Cl)Cl)cc1Cl. The Morgan fingerprint density at radius 3 is 2.43 bits per heavy atom. The van der Waals surface area contributed by atoms with Crippen LogP contribution < -0.4 is 9.47 Å². The molecule has 1 aromatic rings. The fourth-order valence-corrected chi connectivity index (χ4v) is 2.25. The van der Waals surface area contributed by atoms with Gasteiger partial charge in [0.2, 0.25) is 0 Å². The average molecular weight is 374 g/mol. The van der Waals surface area contributed by atoms with Crippen LogP contribution in [-0.4, -0.2) is 24.4 Å². The zero-order valence-electron chi connectivity index (χ0n) is 11.4. The van der Waals surface area contributed by atoms with Crippen molar-refractivity contribution in [3.63, 3.8) is 0 Å². The van der Waals surface area contributed by atoms with E-state index < -0.39 is 0 Å². The van der Waals surface area contributed by atoms with E-state index in [9.17, 15) is 0 Å². The first-order chi connectivity index (χ1) is 9.93. The third-order valence-electron chi connectivity index (χ3n) is 2.55. The van der Waals surface area contributed by atoms with Crippen LogP contribution in [0.25, 0.3) is 0 Å². The maximum absolute atomic E-state index is 8.80. The van der Waals surface area contributed by atoms with Crippen LogP contribution in [0.3, 0.4) is 0 Å². The molecular weight excluding hydrogens is 358 g/mol. The first-order valence-corrected chi connectivity index (χ1v) is 7.85. The van der Waals surface area contributed by atoms with Crippen LogP contribution in [0.5, 0.6) is 11.5 Å². The van der Waals surface area contributed by atoms with Crippen LogP contribution in [0.1, 0.15) is 19.8 Å². The molecule has 0 fully saturated rings. The van der Waals surface area contributed by atoms with Gasteiger partial charge in [-0.05, 0) is 25.8 Å². The molecule has 1 unspecified atom stereocenters. The van der Waals surface area contributed by atoms with E-state index in [1.807, 2.05) is 6.92 Å². The maximum Gasteiger partial charge on any atom is 0.157 e. The molecule has 0 aliphatic carbocycles. The Morgan fingerprint density at radius 1 is 1.29 bits per heavy atom. The molecule has 7 heteroatoms. The van der Waals surface area contributed by atoms with Crippen molar-refractivity contribution in [2.45, 2.75) is 25.9 Å². The molecule has 0 bridgehead atoms. The van der Waals surface area contributed by atoms with E-state index >= 15 is 0 Å². The molecular formula is C14H16Cl4O3. The Balaban J connectivity index is 2.73. The lowest BCUT2D eigenvalue weighted by Crippen LogP contribution is -2.13. The molecule has 0 heterocycles. The van der Waals surface area contributed by atoms with Crippen molar-refractivity contribution >= 4 is 46.4 Å². The number of hydrogen-bond acceptors (Lipinski definition) is 3. The Labute approximate surface area is 144 Å². The number of aliphatic hydroxyl groups is 1. The van der Waals surface area contributed by atoms with Gasteiger partial charge in [0.15, 0.2) is 5.75 Å². The second kappa shape index (κ2) is 9.65. The predicted molar refractivity (Wildman–Crippen MR) is 88.2 cm³/mol. The van der Waals surface area contributed by atoms with Gasteiger partial charge < -0.3 is 14.6 Å². The maximum atomic E-state index is 8.80. The summed E-state index contributed by atoms with van der Waals surface area (Å²) in [5.74, 6) is 0.897. The van der Waals surface area contributed by atoms with Gasteiger partial charge >= 0.3 is 0 Å². The van der Waals surface area contributed by atoms with E-state index in [2.05, 4.69) is 0 Å². The summed E-state index contributed by atoms with van der Waals surface area (Å²) in [6.07, 6.45) is 2.77. The normalized spacial score (nSPS) is 11.9. The molecule has 1 aromatic carbocycles. The lowest BCUT2D eigenvalue weighted by Gasteiger charge is -2.17. The van der Waals surface area contributed by atoms with Gasteiger partial charge in [-0.25, -0.2) is 0 Å². The molecule has 0 aliphatic rings. The van der Waals surface area contributed by atoms with E-state index in [0.29, 0.717) is 34.4 Å². The van der Waals surface area contributed by atoms with Crippen molar-refractivity contribution in [3.05, 3.63) is 32.7 Å². The summed E-state index contributed by atoms with van der Waals surface area (Å²) in [6, 6.07) is 3.22. The topological polar surface area (TPSA) is 38.7 Å². The summed E-state index contributed by atoms with van der Waals surface area (Å²) < 4.78 is 11.2. The highest BCUT2D eigenvalue weighted by Gasteiger charge is 2.13. The lowest BCUT2D eigenvalue weighted by atomic mass is 10.2. The van der Waals surface area contributed by atoms with Crippen molar-refractivity contribution < 1.29 is 14.6 Å². The highest BCUT2D eigenvalue weighted by atomic mass is 35.5. The molecule has 1 N–H and O–H groups in total. The third-order valence-corrected chi connectivity index (χ3v) is 3.42. The Hall–Kier alpha value is -0.320. The number of aliphatic hydroxyl groups excluding tert-OH is 1. The van der Waals surface area contributed by atoms with E-state index in [4.69, 9.17) is 61.0 Å². The molecule has 1 atom stereocenters. The van der Waals surface area contributed by atoms with Gasteiger partial charge in [-0.3, -0.25) is 0 Å². The van der Waals surface area contributed by atoms with Gasteiger partial charge in [-0.1, -0.05) is 46.4 Å². The summed E-state index contributed by atoms with van der Waals surface area (Å²) in [7, 11) is 0. The van der Waals surface area contributed by atoms with Crippen LogP contribution in [0.4, 0.5) is 0 Å². The standard InChI is InChI=1S/C14H16Cl4O3/c1-9(3-2-5-19)21-14-11(15)7-10(8-12(14)16)20-6-4-13(17)18/h4,7-9,19H,2-3,5-6H2,1H3. The Bertz CT molecular complexity index is 464. The van der Waals surface area contributed by atoms with Crippen LogP contribution in [0.2, 0.25) is 10.0 Å². The minimum atomic E-state index is -0.100. The summed E-state index contributed by atoms with van der Waals surface area (Å²) >= 11 is 23.3. The van der Waals surface area contributed by atoms with Gasteiger partial charge in [0.25, 0.3) is 0 Å². The summed E-state index contributed by atoms with van der Waals surface area (Å²) in [4.78, 5) is 0. The van der Waals surface area contributed by atoms with Crippen LogP contribution in [-0.2, 0) is 0 Å². The van der Waals surface area contributed by atoms with Gasteiger partial charge in [-0.2, -0.15) is 0 Å². The number of halogens is 4. The molecule has 0 spiro atoms. The van der Waals surface area contributed by atoms with E-state index in [0.717, 1.165) is 0 Å². The molecule has 1 rings (SSSR count). The van der Waals surface area contributed by atoms with Crippen LogP contribution in [0, 0.1) is 0 Å². The van der Waals surface area contributed by atoms with Crippen molar-refractivity contribution in [2.75, 3.05) is 13.2 Å². The summed E-state index contributed by atoms with van der Waals surface area (Å²) in [5, 5.41) is 9.51. The average Bonchev–Trinajstić information content (AvgIpc) is 2.40. The second-order valence-corrected chi connectivity index (χ2v) is 6.14. The Morgan fingerprint density at radius 2 is 1.90 bits per heavy atom. The molecule has 0 aliphatic heterocycles. The van der Waals surface area contributed by atoms with E-state index in [1.165, 1.54) is 6.08 Å². The molecule has 0 saturated heterocycles. The molecule has 3 nitrogen and oxygen atoms in total. The van der Waals surface area contributed by atoms with E-state index in [-0.39, 0.29) is 23.8 Å². The van der Waals surface area contributed by atoms with Gasteiger partial charge in [0.1, 0.15) is 16.8 Å². The van der Waals surface area contributed by atoms with Gasteiger partial charge in [0.05, 0.1) is 16.1 Å². The monoisotopic (exact) mass is 372 g/mol. The van der Waals surface area contributed by atoms with Crippen LogP contribution >= 0.6 is 46.4 Å². The number of ether oxygens (including phenoxy) is 2. The van der Waals surface area contributed by atoms with Crippen molar-refractivity contribution in [2.24, 2.45) is 0 Å². The molecule has 0 aromatic heterocycles. The summed E-state index contributed by atoms with van der Waals surface area (Å²) in [5.41, 5.74) is 0. The predicted octanol–water partition coefficient (Wildman–Crippen LogP) is 5.23. The molecule has 0 radical (unpaired) electrons. The number of hydrogen-bond donors (Lipinski definition) is 1. The third kappa shape index (κ3) is 6.98. The highest BCUT2D eigenvalue weighted by Crippen LogP contribution is 2.37. The summed E-state index contributed by atoms with van der Waals surface area (Å²) in [6.45, 7) is 2.22. The van der Waals surface area contributed by atoms with Crippen molar-refractivity contribution in [1.82, 2.24) is 0 Å². The van der Waals surface area contributed by atoms with E-state index in [1.54, 1.807) is 12.1 Å². The molecule has 21 heavy (non-hydrogen) atoms. The molecule has 0 amide bonds. The van der Waals surface area contributed by atoms with Gasteiger partial charge in [0, 0.05) is 18.7 Å². The number of rotatable bonds is 8. The molecule has 0 saturated carbocycles. The van der Waals surface area contributed by atoms with Crippen molar-refractivity contribution in [1.29, 1.82) is 0 Å². The quantitative estimate of drug-likeness (QED) is 0.677. The minimum Gasteiger partial charge on any atom is -0.489 e. The van der Waals surface area contributed by atoms with Crippen LogP contribution in [0.15, 0.2) is 22.7 Å². The first kappa shape index (κ1) is 18.7. The van der Waals surface area contributed by atoms with Gasteiger partial charge in [-0.15, -0.1) is 0 Å². The first-order valence-electron chi connectivity index (χ1n) is 6.34. The van der Waals surface area contributed by atoms with Crippen molar-refractivity contribution in [3.8, 4) is 11.5 Å².